The van der Waals surface area contributed by atoms with E-state index >= 15 is 0 Å². The molecule has 0 amide bonds. The second-order valence-corrected chi connectivity index (χ2v) is 15.3. The molecule has 1 N–H and O–H groups in total. The largest absolute Gasteiger partial charge is 0.396 e. The Morgan fingerprint density at radius 1 is 0.688 bits per heavy atom. The number of hydrogen-bond donors (Lipinski definition) is 1. The molecule has 0 aromatic carbocycles. The number of aliphatic hydroxyl groups is 1. The molecule has 184 valence electrons. The molecule has 5 saturated carbocycles. The van der Waals surface area contributed by atoms with E-state index in [2.05, 4.69) is 48.5 Å². The van der Waals surface area contributed by atoms with Gasteiger partial charge in [-0.3, -0.25) is 0 Å². The maximum atomic E-state index is 9.60. The van der Waals surface area contributed by atoms with Crippen molar-refractivity contribution in [2.45, 2.75) is 126 Å². The highest BCUT2D eigenvalue weighted by Gasteiger charge is 2.70. The quantitative estimate of drug-likeness (QED) is 0.464. The van der Waals surface area contributed by atoms with Gasteiger partial charge in [0, 0.05) is 6.61 Å². The van der Waals surface area contributed by atoms with Gasteiger partial charge in [0.25, 0.3) is 0 Å². The zero-order valence-electron chi connectivity index (χ0n) is 22.6. The van der Waals surface area contributed by atoms with Gasteiger partial charge in [0.2, 0.25) is 0 Å². The highest BCUT2D eigenvalue weighted by molar-refractivity contribution is 5.19. The molecule has 0 aromatic heterocycles. The van der Waals surface area contributed by atoms with E-state index in [-0.39, 0.29) is 0 Å². The summed E-state index contributed by atoms with van der Waals surface area (Å²) in [5.74, 6) is 5.24. The van der Waals surface area contributed by atoms with Crippen molar-refractivity contribution in [3.63, 3.8) is 0 Å². The lowest BCUT2D eigenvalue weighted by molar-refractivity contribution is -0.241. The molecule has 5 fully saturated rings. The number of hydrogen-bond acceptors (Lipinski definition) is 1. The van der Waals surface area contributed by atoms with E-state index in [9.17, 15) is 5.11 Å². The van der Waals surface area contributed by atoms with Crippen LogP contribution in [0.15, 0.2) is 0 Å². The van der Waals surface area contributed by atoms with Gasteiger partial charge in [-0.25, -0.2) is 0 Å². The van der Waals surface area contributed by atoms with Gasteiger partial charge >= 0.3 is 0 Å². The highest BCUT2D eigenvalue weighted by Crippen LogP contribution is 2.78. The fourth-order valence-corrected chi connectivity index (χ4v) is 12.4. The Kier molecular flexibility index (Phi) is 5.54. The lowest BCUT2D eigenvalue weighted by Crippen LogP contribution is -2.65. The predicted molar refractivity (Wildman–Crippen MR) is 135 cm³/mol. The Labute approximate surface area is 199 Å². The average molecular weight is 443 g/mol. The summed E-state index contributed by atoms with van der Waals surface area (Å²) < 4.78 is 0. The first-order chi connectivity index (χ1) is 14.9. The molecular formula is C31H54O. The first-order valence-corrected chi connectivity index (χ1v) is 14.5. The van der Waals surface area contributed by atoms with Crippen LogP contribution in [-0.2, 0) is 0 Å². The molecule has 1 nitrogen and oxygen atoms in total. The van der Waals surface area contributed by atoms with Crippen molar-refractivity contribution in [1.82, 2.24) is 0 Å². The van der Waals surface area contributed by atoms with E-state index in [1.54, 1.807) is 0 Å². The third-order valence-corrected chi connectivity index (χ3v) is 14.1. The summed E-state index contributed by atoms with van der Waals surface area (Å²) in [5.41, 5.74) is 2.69. The van der Waals surface area contributed by atoms with Crippen LogP contribution >= 0.6 is 0 Å². The molecular weight excluding hydrogens is 388 g/mol. The molecule has 0 heterocycles. The van der Waals surface area contributed by atoms with Gasteiger partial charge in [-0.1, -0.05) is 54.9 Å². The second-order valence-electron chi connectivity index (χ2n) is 15.3. The van der Waals surface area contributed by atoms with E-state index in [1.165, 1.54) is 70.6 Å². The topological polar surface area (TPSA) is 20.2 Å². The molecule has 5 aliphatic carbocycles. The van der Waals surface area contributed by atoms with Gasteiger partial charge in [-0.05, 0) is 133 Å². The van der Waals surface area contributed by atoms with Crippen molar-refractivity contribution in [3.8, 4) is 0 Å². The summed E-state index contributed by atoms with van der Waals surface area (Å²) in [6.45, 7) is 19.1. The molecule has 1 heteroatoms. The molecule has 32 heavy (non-hydrogen) atoms. The fraction of sp³-hybridized carbons (Fsp3) is 1.00. The van der Waals surface area contributed by atoms with E-state index in [1.807, 2.05) is 0 Å². The maximum Gasteiger partial charge on any atom is 0.0433 e. The SMILES string of the molecule is CC(CCO)C1CCC2(C)C1CCC1(C)C2CCC2C3(C)CCCC(C)(C)C3CCC21C. The predicted octanol–water partition coefficient (Wildman–Crippen LogP) is 8.50. The van der Waals surface area contributed by atoms with Crippen molar-refractivity contribution >= 4 is 0 Å². The summed E-state index contributed by atoms with van der Waals surface area (Å²) in [6, 6.07) is 0. The number of aliphatic hydroxyl groups excluding tert-OH is 1. The fourth-order valence-electron chi connectivity index (χ4n) is 12.4. The standard InChI is InChI=1S/C31H54O/c1-21(14-20-32)22-11-17-28(4)23(22)12-18-30(6)25(28)9-10-26-29(5)16-8-15-27(2,3)24(29)13-19-31(26,30)7/h21-26,32H,8-20H2,1-7H3. The molecule has 5 aliphatic rings. The molecule has 5 rings (SSSR count). The Morgan fingerprint density at radius 2 is 1.31 bits per heavy atom. The lowest BCUT2D eigenvalue weighted by atomic mass is 9.32. The molecule has 0 aromatic rings. The third kappa shape index (κ3) is 2.91. The molecule has 10 atom stereocenters. The minimum Gasteiger partial charge on any atom is -0.396 e. The van der Waals surface area contributed by atoms with Crippen molar-refractivity contribution in [2.24, 2.45) is 62.6 Å². The van der Waals surface area contributed by atoms with Gasteiger partial charge in [0.15, 0.2) is 0 Å². The average Bonchev–Trinajstić information content (AvgIpc) is 3.05. The Morgan fingerprint density at radius 3 is 1.97 bits per heavy atom. The third-order valence-electron chi connectivity index (χ3n) is 14.1. The van der Waals surface area contributed by atoms with Gasteiger partial charge in [0.1, 0.15) is 0 Å². The van der Waals surface area contributed by atoms with Crippen LogP contribution in [0.5, 0.6) is 0 Å². The van der Waals surface area contributed by atoms with Crippen molar-refractivity contribution in [3.05, 3.63) is 0 Å². The van der Waals surface area contributed by atoms with Crippen LogP contribution in [0.3, 0.4) is 0 Å². The molecule has 0 saturated heterocycles. The van der Waals surface area contributed by atoms with Crippen LogP contribution in [0.4, 0.5) is 0 Å². The smallest absolute Gasteiger partial charge is 0.0433 e. The van der Waals surface area contributed by atoms with Crippen LogP contribution < -0.4 is 0 Å². The highest BCUT2D eigenvalue weighted by atomic mass is 16.3. The zero-order valence-corrected chi connectivity index (χ0v) is 22.6. The van der Waals surface area contributed by atoms with Crippen LogP contribution in [0, 0.1) is 62.6 Å². The first kappa shape index (κ1) is 23.7. The van der Waals surface area contributed by atoms with E-state index in [0.717, 1.165) is 36.0 Å². The minimum atomic E-state index is 0.373. The van der Waals surface area contributed by atoms with Gasteiger partial charge in [-0.2, -0.15) is 0 Å². The molecule has 0 spiro atoms. The summed E-state index contributed by atoms with van der Waals surface area (Å²) in [7, 11) is 0. The van der Waals surface area contributed by atoms with E-state index < -0.39 is 0 Å². The molecule has 10 unspecified atom stereocenters. The van der Waals surface area contributed by atoms with Crippen molar-refractivity contribution in [1.29, 1.82) is 0 Å². The van der Waals surface area contributed by atoms with Crippen LogP contribution in [0.1, 0.15) is 126 Å². The molecule has 0 aliphatic heterocycles. The van der Waals surface area contributed by atoms with Crippen molar-refractivity contribution in [2.75, 3.05) is 6.61 Å². The van der Waals surface area contributed by atoms with E-state index in [0.29, 0.717) is 39.6 Å². The monoisotopic (exact) mass is 442 g/mol. The van der Waals surface area contributed by atoms with Crippen LogP contribution in [0.25, 0.3) is 0 Å². The van der Waals surface area contributed by atoms with Gasteiger partial charge in [0.05, 0.1) is 0 Å². The minimum absolute atomic E-state index is 0.373. The molecule has 0 bridgehead atoms. The summed E-state index contributed by atoms with van der Waals surface area (Å²) in [6.07, 6.45) is 17.2. The van der Waals surface area contributed by atoms with Gasteiger partial charge < -0.3 is 5.11 Å². The molecule has 0 radical (unpaired) electrons. The van der Waals surface area contributed by atoms with Crippen molar-refractivity contribution < 1.29 is 5.11 Å². The Balaban J connectivity index is 1.48. The summed E-state index contributed by atoms with van der Waals surface area (Å²) >= 11 is 0. The van der Waals surface area contributed by atoms with Crippen LogP contribution in [-0.4, -0.2) is 11.7 Å². The number of fused-ring (bicyclic) bond motifs is 7. The summed E-state index contributed by atoms with van der Waals surface area (Å²) in [4.78, 5) is 0. The second kappa shape index (κ2) is 7.48. The lowest BCUT2D eigenvalue weighted by Gasteiger charge is -2.73. The zero-order chi connectivity index (χ0) is 23.2. The van der Waals surface area contributed by atoms with Gasteiger partial charge in [-0.15, -0.1) is 0 Å². The first-order valence-electron chi connectivity index (χ1n) is 14.5. The maximum absolute atomic E-state index is 9.60. The Hall–Kier alpha value is -0.0400. The normalized spacial score (nSPS) is 55.3. The summed E-state index contributed by atoms with van der Waals surface area (Å²) in [5, 5.41) is 9.60. The van der Waals surface area contributed by atoms with E-state index in [4.69, 9.17) is 0 Å². The van der Waals surface area contributed by atoms with Crippen LogP contribution in [0.2, 0.25) is 0 Å². The number of rotatable bonds is 3. The Bertz CT molecular complexity index is 726.